The molecule has 196 valence electrons. The largest absolute Gasteiger partial charge is 0.380 e. The molecule has 2 fully saturated rings. The number of hydrogen-bond acceptors (Lipinski definition) is 8. The number of amides is 2. The van der Waals surface area contributed by atoms with Crippen LogP contribution < -0.4 is 15.5 Å². The Morgan fingerprint density at radius 1 is 1.14 bits per heavy atom. The van der Waals surface area contributed by atoms with Crippen LogP contribution in [0.1, 0.15) is 45.7 Å². The first-order valence-electron chi connectivity index (χ1n) is 12.3. The number of methoxy groups -OCH3 is 2. The second-order valence-electron chi connectivity index (χ2n) is 9.12. The van der Waals surface area contributed by atoms with E-state index in [1.54, 1.807) is 31.7 Å². The minimum atomic E-state index is -0.506. The van der Waals surface area contributed by atoms with Crippen LogP contribution in [0.25, 0.3) is 0 Å². The van der Waals surface area contributed by atoms with Gasteiger partial charge in [0.1, 0.15) is 5.69 Å². The molecule has 0 unspecified atom stereocenters. The van der Waals surface area contributed by atoms with E-state index in [1.807, 2.05) is 6.07 Å². The zero-order valence-corrected chi connectivity index (χ0v) is 21.6. The summed E-state index contributed by atoms with van der Waals surface area (Å²) in [7, 11) is 3.42. The quantitative estimate of drug-likeness (QED) is 0.441. The molecule has 2 N–H and O–H groups in total. The van der Waals surface area contributed by atoms with Crippen molar-refractivity contribution in [1.29, 1.82) is 0 Å². The highest BCUT2D eigenvalue weighted by molar-refractivity contribution is 7.14. The maximum atomic E-state index is 13.0. The topological polar surface area (TPSA) is 96.0 Å². The van der Waals surface area contributed by atoms with Gasteiger partial charge >= 0.3 is 0 Å². The maximum Gasteiger partial charge on any atom is 0.275 e. The van der Waals surface area contributed by atoms with Gasteiger partial charge in [-0.3, -0.25) is 18.9 Å². The van der Waals surface area contributed by atoms with Crippen LogP contribution in [0.15, 0.2) is 23.6 Å². The third kappa shape index (κ3) is 6.58. The Balaban J connectivity index is 1.47. The number of hydrogen-bond donors (Lipinski definition) is 2. The second-order valence-corrected chi connectivity index (χ2v) is 9.96. The summed E-state index contributed by atoms with van der Waals surface area (Å²) in [6, 6.07) is 5.45. The zero-order valence-electron chi connectivity index (χ0n) is 20.8. The number of alkyl halides is 1. The number of nitrogens with one attached hydrogen (secondary N) is 2. The maximum absolute atomic E-state index is 13.0. The Morgan fingerprint density at radius 3 is 2.64 bits per heavy atom. The minimum Gasteiger partial charge on any atom is -0.380 e. The zero-order chi connectivity index (χ0) is 25.5. The van der Waals surface area contributed by atoms with Crippen molar-refractivity contribution in [2.45, 2.75) is 38.0 Å². The van der Waals surface area contributed by atoms with Gasteiger partial charge in [-0.15, -0.1) is 11.3 Å². The minimum absolute atomic E-state index is 0.170. The molecule has 2 atom stereocenters. The normalized spacial score (nSPS) is 20.1. The molecule has 2 aromatic rings. The van der Waals surface area contributed by atoms with Crippen molar-refractivity contribution >= 4 is 34.0 Å². The predicted octanol–water partition coefficient (Wildman–Crippen LogP) is 2.93. The first-order valence-corrected chi connectivity index (χ1v) is 13.2. The van der Waals surface area contributed by atoms with E-state index < -0.39 is 6.67 Å². The van der Waals surface area contributed by atoms with Gasteiger partial charge in [-0.2, -0.15) is 0 Å². The van der Waals surface area contributed by atoms with E-state index >= 15 is 0 Å². The third-order valence-corrected chi connectivity index (χ3v) is 7.52. The number of carbonyl (C=O) groups is 2. The Bertz CT molecular complexity index is 1050. The van der Waals surface area contributed by atoms with Gasteiger partial charge in [0.25, 0.3) is 11.8 Å². The Kier molecular flexibility index (Phi) is 9.24. The fourth-order valence-corrected chi connectivity index (χ4v) is 5.38. The molecule has 0 spiro atoms. The highest BCUT2D eigenvalue weighted by atomic mass is 32.1. The molecule has 0 bridgehead atoms. The molecule has 3 heterocycles. The summed E-state index contributed by atoms with van der Waals surface area (Å²) in [5.41, 5.74) is 2.00. The SMILES string of the molecule is CO[C@H]1CCN(Cc2ccc(NC(=O)c3csc(N4CC[C@H](OC)C4)n3)c(C(=O)NCCCF)c2)C1. The van der Waals surface area contributed by atoms with Crippen molar-refractivity contribution in [3.8, 4) is 0 Å². The molecule has 2 saturated heterocycles. The summed E-state index contributed by atoms with van der Waals surface area (Å²) in [6.07, 6.45) is 2.52. The van der Waals surface area contributed by atoms with E-state index in [4.69, 9.17) is 9.47 Å². The number of thiazole rings is 1. The van der Waals surface area contributed by atoms with Crippen molar-refractivity contribution in [2.75, 3.05) is 63.8 Å². The molecule has 0 radical (unpaired) electrons. The van der Waals surface area contributed by atoms with Crippen LogP contribution in [-0.4, -0.2) is 87.5 Å². The molecule has 0 saturated carbocycles. The molecule has 2 amide bonds. The van der Waals surface area contributed by atoms with Crippen LogP contribution in [0.5, 0.6) is 0 Å². The average molecular weight is 520 g/mol. The number of aromatic nitrogens is 1. The lowest BCUT2D eigenvalue weighted by Gasteiger charge is -2.18. The highest BCUT2D eigenvalue weighted by Gasteiger charge is 2.26. The standard InChI is InChI=1S/C25H34FN5O4S/c1-34-18-6-10-30(14-18)13-17-4-5-21(20(12-17)23(32)27-9-3-8-26)28-24(33)22-16-36-25(29-22)31-11-7-19(15-31)35-2/h4-5,12,16,18-19H,3,6-11,13-15H2,1-2H3,(H,27,32)(H,28,33)/t18-,19-/m0/s1. The van der Waals surface area contributed by atoms with E-state index in [9.17, 15) is 14.0 Å². The number of anilines is 2. The van der Waals surface area contributed by atoms with E-state index in [0.29, 0.717) is 23.5 Å². The van der Waals surface area contributed by atoms with E-state index in [-0.39, 0.29) is 37.0 Å². The lowest BCUT2D eigenvalue weighted by atomic mass is 10.1. The third-order valence-electron chi connectivity index (χ3n) is 6.61. The van der Waals surface area contributed by atoms with Crippen LogP contribution in [0.2, 0.25) is 0 Å². The molecule has 1 aromatic heterocycles. The summed E-state index contributed by atoms with van der Waals surface area (Å²) in [6.45, 7) is 3.73. The smallest absolute Gasteiger partial charge is 0.275 e. The van der Waals surface area contributed by atoms with Gasteiger partial charge in [0.2, 0.25) is 0 Å². The van der Waals surface area contributed by atoms with Crippen LogP contribution in [0, 0.1) is 0 Å². The predicted molar refractivity (Wildman–Crippen MR) is 138 cm³/mol. The molecular weight excluding hydrogens is 485 g/mol. The highest BCUT2D eigenvalue weighted by Crippen LogP contribution is 2.27. The van der Waals surface area contributed by atoms with Gasteiger partial charge in [0, 0.05) is 58.9 Å². The molecule has 0 aliphatic carbocycles. The van der Waals surface area contributed by atoms with Gasteiger partial charge < -0.3 is 25.0 Å². The van der Waals surface area contributed by atoms with Crippen LogP contribution in [-0.2, 0) is 16.0 Å². The molecule has 2 aliphatic rings. The average Bonchev–Trinajstić information content (AvgIpc) is 3.65. The summed E-state index contributed by atoms with van der Waals surface area (Å²) in [5.74, 6) is -0.730. The van der Waals surface area contributed by atoms with E-state index in [2.05, 4.69) is 25.4 Å². The number of carbonyl (C=O) groups excluding carboxylic acids is 2. The second kappa shape index (κ2) is 12.6. The lowest BCUT2D eigenvalue weighted by Crippen LogP contribution is -2.27. The first kappa shape index (κ1) is 26.5. The molecule has 1 aromatic carbocycles. The van der Waals surface area contributed by atoms with Crippen LogP contribution in [0.4, 0.5) is 15.2 Å². The summed E-state index contributed by atoms with van der Waals surface area (Å²) >= 11 is 1.41. The van der Waals surface area contributed by atoms with E-state index in [1.165, 1.54) is 11.3 Å². The van der Waals surface area contributed by atoms with Crippen LogP contribution in [0.3, 0.4) is 0 Å². The van der Waals surface area contributed by atoms with Crippen LogP contribution >= 0.6 is 11.3 Å². The summed E-state index contributed by atoms with van der Waals surface area (Å²) in [5, 5.41) is 8.10. The van der Waals surface area contributed by atoms with Crippen molar-refractivity contribution in [1.82, 2.24) is 15.2 Å². The van der Waals surface area contributed by atoms with E-state index in [0.717, 1.165) is 49.7 Å². The molecule has 9 nitrogen and oxygen atoms in total. The lowest BCUT2D eigenvalue weighted by molar-refractivity contribution is 0.0953. The number of ether oxygens (including phenoxy) is 2. The molecular formula is C25H34FN5O4S. The van der Waals surface area contributed by atoms with Crippen molar-refractivity contribution < 1.29 is 23.5 Å². The fourth-order valence-electron chi connectivity index (χ4n) is 4.54. The number of rotatable bonds is 11. The number of benzene rings is 1. The number of halogens is 1. The first-order chi connectivity index (χ1) is 17.5. The van der Waals surface area contributed by atoms with Crippen molar-refractivity contribution in [3.05, 3.63) is 40.4 Å². The fraction of sp³-hybridized carbons (Fsp3) is 0.560. The Morgan fingerprint density at radius 2 is 1.92 bits per heavy atom. The molecule has 4 rings (SSSR count). The molecule has 36 heavy (non-hydrogen) atoms. The molecule has 2 aliphatic heterocycles. The van der Waals surface area contributed by atoms with Crippen molar-refractivity contribution in [2.24, 2.45) is 0 Å². The van der Waals surface area contributed by atoms with Gasteiger partial charge in [0.15, 0.2) is 5.13 Å². The van der Waals surface area contributed by atoms with Crippen molar-refractivity contribution in [3.63, 3.8) is 0 Å². The Hall–Kier alpha value is -2.60. The van der Waals surface area contributed by atoms with Gasteiger partial charge in [-0.1, -0.05) is 6.07 Å². The Labute approximate surface area is 215 Å². The number of nitrogens with zero attached hydrogens (tertiary/aromatic N) is 3. The molecule has 11 heteroatoms. The van der Waals surface area contributed by atoms with Gasteiger partial charge in [-0.05, 0) is 37.0 Å². The monoisotopic (exact) mass is 519 g/mol. The van der Waals surface area contributed by atoms with Gasteiger partial charge in [0.05, 0.1) is 30.1 Å². The summed E-state index contributed by atoms with van der Waals surface area (Å²) < 4.78 is 23.4. The van der Waals surface area contributed by atoms with Gasteiger partial charge in [-0.25, -0.2) is 4.98 Å². The summed E-state index contributed by atoms with van der Waals surface area (Å²) in [4.78, 5) is 34.8. The number of likely N-dealkylation sites (tertiary alicyclic amines) is 1.